The van der Waals surface area contributed by atoms with Gasteiger partial charge in [0, 0.05) is 11.1 Å². The number of ketones is 1. The summed E-state index contributed by atoms with van der Waals surface area (Å²) in [5, 5.41) is 0. The fourth-order valence-electron chi connectivity index (χ4n) is 3.81. The van der Waals surface area contributed by atoms with Crippen molar-refractivity contribution in [3.05, 3.63) is 83.9 Å². The molecule has 0 fully saturated rings. The normalized spacial score (nSPS) is 16.8. The van der Waals surface area contributed by atoms with Crippen LogP contribution in [0, 0.1) is 0 Å². The second-order valence-corrected chi connectivity index (χ2v) is 8.65. The standard InChI is InChI=1S/C31H36O9/c32-31(25-6-2-1-3-7-25)26-10-11-29-30(24-26)40-23-19-36-15-14-34-17-21-38-28-9-5-4-8-27(28)37-20-16-33-12-13-35-18-22-39-29/h1-11,24H,12-23H2. The third kappa shape index (κ3) is 9.84. The molecule has 1 heterocycles. The number of ether oxygens (including phenoxy) is 8. The van der Waals surface area contributed by atoms with Crippen LogP contribution in [-0.2, 0) is 18.9 Å². The molecule has 0 radical (unpaired) electrons. The number of carbonyl (C=O) groups is 1. The summed E-state index contributed by atoms with van der Waals surface area (Å²) >= 11 is 0. The Balaban J connectivity index is 1.32. The van der Waals surface area contributed by atoms with Crippen LogP contribution < -0.4 is 18.9 Å². The summed E-state index contributed by atoms with van der Waals surface area (Å²) in [6.45, 7) is 4.64. The van der Waals surface area contributed by atoms with Crippen molar-refractivity contribution in [3.8, 4) is 23.0 Å². The van der Waals surface area contributed by atoms with E-state index in [4.69, 9.17) is 37.9 Å². The Morgan fingerprint density at radius 2 is 0.800 bits per heavy atom. The molecule has 9 heteroatoms. The Kier molecular flexibility index (Phi) is 12.6. The summed E-state index contributed by atoms with van der Waals surface area (Å²) in [4.78, 5) is 12.9. The van der Waals surface area contributed by atoms with Gasteiger partial charge in [-0.3, -0.25) is 4.79 Å². The number of para-hydroxylation sites is 2. The van der Waals surface area contributed by atoms with Crippen molar-refractivity contribution < 1.29 is 42.7 Å². The number of benzene rings is 3. The van der Waals surface area contributed by atoms with Crippen LogP contribution in [0.2, 0.25) is 0 Å². The SMILES string of the molecule is O=C(c1ccccc1)c1ccc2c(c1)OCCOCCOCCOc1ccccc1OCCOCCOCCO2. The number of rotatable bonds is 2. The van der Waals surface area contributed by atoms with Gasteiger partial charge in [0.2, 0.25) is 0 Å². The highest BCUT2D eigenvalue weighted by Gasteiger charge is 2.14. The van der Waals surface area contributed by atoms with Gasteiger partial charge in [-0.25, -0.2) is 0 Å². The van der Waals surface area contributed by atoms with Crippen molar-refractivity contribution >= 4 is 5.78 Å². The largest absolute Gasteiger partial charge is 0.487 e. The lowest BCUT2D eigenvalue weighted by molar-refractivity contribution is 0.0223. The van der Waals surface area contributed by atoms with Crippen LogP contribution in [0.3, 0.4) is 0 Å². The molecule has 0 bridgehead atoms. The molecule has 4 rings (SSSR count). The molecule has 1 aliphatic heterocycles. The first kappa shape index (κ1) is 29.4. The maximum atomic E-state index is 12.9. The maximum absolute atomic E-state index is 12.9. The van der Waals surface area contributed by atoms with Crippen LogP contribution in [-0.4, -0.2) is 85.1 Å². The average Bonchev–Trinajstić information content (AvgIpc) is 2.99. The molecule has 0 saturated carbocycles. The van der Waals surface area contributed by atoms with E-state index in [1.54, 1.807) is 30.3 Å². The smallest absolute Gasteiger partial charge is 0.193 e. The van der Waals surface area contributed by atoms with Crippen molar-refractivity contribution in [2.45, 2.75) is 0 Å². The second-order valence-electron chi connectivity index (χ2n) is 8.65. The van der Waals surface area contributed by atoms with Gasteiger partial charge in [0.1, 0.15) is 26.4 Å². The lowest BCUT2D eigenvalue weighted by atomic mass is 10.0. The lowest BCUT2D eigenvalue weighted by Crippen LogP contribution is -2.15. The van der Waals surface area contributed by atoms with Crippen molar-refractivity contribution in [1.82, 2.24) is 0 Å². The first-order valence-electron chi connectivity index (χ1n) is 13.5. The summed E-state index contributed by atoms with van der Waals surface area (Å²) in [5.41, 5.74) is 1.12. The van der Waals surface area contributed by atoms with Gasteiger partial charge in [0.05, 0.1) is 52.9 Å². The van der Waals surface area contributed by atoms with E-state index in [-0.39, 0.29) is 12.4 Å². The van der Waals surface area contributed by atoms with Crippen molar-refractivity contribution in [3.63, 3.8) is 0 Å². The Labute approximate surface area is 234 Å². The zero-order valence-corrected chi connectivity index (χ0v) is 22.6. The fourth-order valence-corrected chi connectivity index (χ4v) is 3.81. The molecule has 0 amide bonds. The molecule has 0 unspecified atom stereocenters. The topological polar surface area (TPSA) is 90.9 Å². The van der Waals surface area contributed by atoms with Crippen LogP contribution in [0.15, 0.2) is 72.8 Å². The van der Waals surface area contributed by atoms with Gasteiger partial charge in [-0.05, 0) is 30.3 Å². The van der Waals surface area contributed by atoms with Crippen LogP contribution in [0.1, 0.15) is 15.9 Å². The number of fused-ring (bicyclic) bond motifs is 2. The average molecular weight is 553 g/mol. The second kappa shape index (κ2) is 17.1. The summed E-state index contributed by atoms with van der Waals surface area (Å²) in [7, 11) is 0. The van der Waals surface area contributed by atoms with Gasteiger partial charge < -0.3 is 37.9 Å². The van der Waals surface area contributed by atoms with Crippen LogP contribution in [0.4, 0.5) is 0 Å². The minimum Gasteiger partial charge on any atom is -0.487 e. The van der Waals surface area contributed by atoms with Crippen LogP contribution >= 0.6 is 0 Å². The molecule has 3 aromatic rings. The summed E-state index contributed by atoms with van der Waals surface area (Å²) in [5.74, 6) is 2.23. The number of hydrogen-bond acceptors (Lipinski definition) is 9. The van der Waals surface area contributed by atoms with Crippen molar-refractivity contribution in [1.29, 1.82) is 0 Å². The van der Waals surface area contributed by atoms with Gasteiger partial charge in [-0.2, -0.15) is 0 Å². The molecule has 0 aliphatic carbocycles. The maximum Gasteiger partial charge on any atom is 0.193 e. The van der Waals surface area contributed by atoms with Gasteiger partial charge >= 0.3 is 0 Å². The first-order chi connectivity index (χ1) is 19.8. The highest BCUT2D eigenvalue weighted by Crippen LogP contribution is 2.30. The first-order valence-corrected chi connectivity index (χ1v) is 13.5. The predicted octanol–water partition coefficient (Wildman–Crippen LogP) is 4.21. The molecule has 0 N–H and O–H groups in total. The minimum absolute atomic E-state index is 0.0914. The van der Waals surface area contributed by atoms with E-state index in [1.165, 1.54) is 0 Å². The molecule has 40 heavy (non-hydrogen) atoms. The van der Waals surface area contributed by atoms with Gasteiger partial charge in [-0.1, -0.05) is 42.5 Å². The van der Waals surface area contributed by atoms with Gasteiger partial charge in [-0.15, -0.1) is 0 Å². The molecule has 214 valence electrons. The zero-order valence-electron chi connectivity index (χ0n) is 22.6. The molecule has 0 spiro atoms. The number of hydrogen-bond donors (Lipinski definition) is 0. The highest BCUT2D eigenvalue weighted by molar-refractivity contribution is 6.09. The Morgan fingerprint density at radius 1 is 0.400 bits per heavy atom. The molecular formula is C31H36O9. The molecule has 9 nitrogen and oxygen atoms in total. The van der Waals surface area contributed by atoms with E-state index in [9.17, 15) is 4.79 Å². The summed E-state index contributed by atoms with van der Waals surface area (Å²) in [6, 6.07) is 21.8. The van der Waals surface area contributed by atoms with E-state index in [0.29, 0.717) is 107 Å². The van der Waals surface area contributed by atoms with E-state index in [0.717, 1.165) is 0 Å². The molecule has 1 aliphatic rings. The highest BCUT2D eigenvalue weighted by atomic mass is 16.6. The van der Waals surface area contributed by atoms with Crippen molar-refractivity contribution in [2.75, 3.05) is 79.3 Å². The van der Waals surface area contributed by atoms with Crippen LogP contribution in [0.25, 0.3) is 0 Å². The molecular weight excluding hydrogens is 516 g/mol. The lowest BCUT2D eigenvalue weighted by Gasteiger charge is -2.15. The van der Waals surface area contributed by atoms with Crippen molar-refractivity contribution in [2.24, 2.45) is 0 Å². The molecule has 3 aromatic carbocycles. The Bertz CT molecular complexity index is 1150. The van der Waals surface area contributed by atoms with E-state index in [1.807, 2.05) is 42.5 Å². The molecule has 0 atom stereocenters. The monoisotopic (exact) mass is 552 g/mol. The third-order valence-electron chi connectivity index (χ3n) is 5.78. The van der Waals surface area contributed by atoms with E-state index >= 15 is 0 Å². The van der Waals surface area contributed by atoms with Crippen LogP contribution in [0.5, 0.6) is 23.0 Å². The summed E-state index contributed by atoms with van der Waals surface area (Å²) in [6.07, 6.45) is 0. The molecule has 0 saturated heterocycles. The molecule has 0 aromatic heterocycles. The predicted molar refractivity (Wildman–Crippen MR) is 148 cm³/mol. The third-order valence-corrected chi connectivity index (χ3v) is 5.78. The minimum atomic E-state index is -0.0914. The Hall–Kier alpha value is -3.63. The zero-order chi connectivity index (χ0) is 27.7. The van der Waals surface area contributed by atoms with E-state index < -0.39 is 0 Å². The quantitative estimate of drug-likeness (QED) is 0.434. The number of carbonyl (C=O) groups excluding carboxylic acids is 1. The fraction of sp³-hybridized carbons (Fsp3) is 0.387. The van der Waals surface area contributed by atoms with Gasteiger partial charge in [0.25, 0.3) is 0 Å². The Morgan fingerprint density at radius 3 is 1.30 bits per heavy atom. The summed E-state index contributed by atoms with van der Waals surface area (Å²) < 4.78 is 45.9. The van der Waals surface area contributed by atoms with E-state index in [2.05, 4.69) is 0 Å². The van der Waals surface area contributed by atoms with Gasteiger partial charge in [0.15, 0.2) is 28.8 Å².